The number of ether oxygens (including phenoxy) is 3. The van der Waals surface area contributed by atoms with Crippen LogP contribution in [0.25, 0.3) is 5.65 Å². The molecule has 0 aliphatic carbocycles. The Morgan fingerprint density at radius 1 is 1.09 bits per heavy atom. The number of benzene rings is 1. The van der Waals surface area contributed by atoms with Crippen molar-refractivity contribution in [2.45, 2.75) is 31.3 Å². The number of methoxy groups -OCH3 is 2. The van der Waals surface area contributed by atoms with Gasteiger partial charge in [-0.3, -0.25) is 0 Å². The van der Waals surface area contributed by atoms with Crippen molar-refractivity contribution in [3.8, 4) is 5.75 Å². The van der Waals surface area contributed by atoms with Gasteiger partial charge >= 0.3 is 18.1 Å². The lowest BCUT2D eigenvalue weighted by Gasteiger charge is -2.30. The van der Waals surface area contributed by atoms with Gasteiger partial charge in [-0.15, -0.1) is 0 Å². The molecule has 2 heterocycles. The van der Waals surface area contributed by atoms with Crippen LogP contribution < -0.4 is 9.22 Å². The number of nitrogens with zero attached hydrogens (tertiary/aromatic N) is 4. The van der Waals surface area contributed by atoms with Crippen LogP contribution in [0.1, 0.15) is 20.8 Å². The van der Waals surface area contributed by atoms with Crippen molar-refractivity contribution in [1.29, 1.82) is 0 Å². The molecule has 0 saturated carbocycles. The highest BCUT2D eigenvalue weighted by atomic mass is 35.5. The van der Waals surface area contributed by atoms with Crippen molar-refractivity contribution in [2.24, 2.45) is 0 Å². The van der Waals surface area contributed by atoms with Gasteiger partial charge in [0.15, 0.2) is 21.2 Å². The van der Waals surface area contributed by atoms with Crippen LogP contribution in [-0.4, -0.2) is 61.3 Å². The zero-order chi connectivity index (χ0) is 25.5. The van der Waals surface area contributed by atoms with Gasteiger partial charge in [0, 0.05) is 24.6 Å². The number of quaternary nitrogens is 1. The smallest absolute Gasteiger partial charge is 0.491 e. The quantitative estimate of drug-likeness (QED) is 0.475. The van der Waals surface area contributed by atoms with Crippen molar-refractivity contribution in [1.82, 2.24) is 19.1 Å². The lowest BCUT2D eigenvalue weighted by molar-refractivity contribution is 0.0335. The fourth-order valence-corrected chi connectivity index (χ4v) is 3.96. The molecule has 182 valence electrons. The number of sulfone groups is 1. The van der Waals surface area contributed by atoms with E-state index in [4.69, 9.17) is 25.8 Å². The van der Waals surface area contributed by atoms with Crippen LogP contribution in [0.2, 0.25) is 5.02 Å². The highest BCUT2D eigenvalue weighted by molar-refractivity contribution is 7.90. The van der Waals surface area contributed by atoms with E-state index in [1.165, 1.54) is 36.0 Å². The molecule has 0 radical (unpaired) electrons. The molecule has 13 heteroatoms. The molecule has 3 rings (SSSR count). The van der Waals surface area contributed by atoms with E-state index in [1.54, 1.807) is 32.9 Å². The van der Waals surface area contributed by atoms with E-state index in [9.17, 15) is 18.0 Å². The van der Waals surface area contributed by atoms with Gasteiger partial charge in [0.05, 0.1) is 24.1 Å². The highest BCUT2D eigenvalue weighted by Crippen LogP contribution is 2.43. The van der Waals surface area contributed by atoms with Crippen molar-refractivity contribution < 1.29 is 32.2 Å². The fourth-order valence-electron chi connectivity index (χ4n) is 3.16. The summed E-state index contributed by atoms with van der Waals surface area (Å²) >= 11 is 6.05. The molecule has 0 fully saturated rings. The first-order valence-corrected chi connectivity index (χ1v) is 12.1. The summed E-state index contributed by atoms with van der Waals surface area (Å²) in [5.41, 5.74) is -0.851. The first kappa shape index (κ1) is 25.4. The van der Waals surface area contributed by atoms with Crippen LogP contribution in [0.5, 0.6) is 5.75 Å². The molecular weight excluding hydrogens is 488 g/mol. The number of rotatable bonds is 4. The summed E-state index contributed by atoms with van der Waals surface area (Å²) in [5, 5.41) is 4.65. The largest absolute Gasteiger partial charge is 0.540 e. The summed E-state index contributed by atoms with van der Waals surface area (Å²) in [5.74, 6) is -0.426. The fraction of sp³-hybridized carbons (Fsp3) is 0.333. The molecular formula is C21H24ClN4O7S+. The Morgan fingerprint density at radius 2 is 1.76 bits per heavy atom. The number of carbonyl (C=O) groups is 2. The molecule has 3 aromatic rings. The summed E-state index contributed by atoms with van der Waals surface area (Å²) in [6.07, 6.45) is 0.261. The van der Waals surface area contributed by atoms with E-state index < -0.39 is 32.1 Å². The third-order valence-electron chi connectivity index (χ3n) is 4.64. The van der Waals surface area contributed by atoms with Crippen molar-refractivity contribution >= 4 is 50.9 Å². The van der Waals surface area contributed by atoms with E-state index in [2.05, 4.69) is 10.1 Å². The minimum atomic E-state index is -3.63. The monoisotopic (exact) mass is 511 g/mol. The Bertz CT molecular complexity index is 1380. The molecule has 1 aromatic carbocycles. The first-order chi connectivity index (χ1) is 15.7. The molecule has 2 amide bonds. The van der Waals surface area contributed by atoms with Crippen LogP contribution in [0, 0.1) is 0 Å². The maximum Gasteiger partial charge on any atom is 0.540 e. The SMILES string of the molecule is COC(=O)[N+](C(=O)OC(C)(C)C)(c1nc2ccc(Cl)cn2n1)c1ccc(S(C)(=O)=O)cc1OC. The topological polar surface area (TPSA) is 126 Å². The van der Waals surface area contributed by atoms with E-state index in [0.717, 1.165) is 13.4 Å². The number of hydrogen-bond donors (Lipinski definition) is 0. The van der Waals surface area contributed by atoms with Crippen LogP contribution in [0.4, 0.5) is 21.2 Å². The van der Waals surface area contributed by atoms with E-state index in [-0.39, 0.29) is 27.9 Å². The molecule has 1 unspecified atom stereocenters. The summed E-state index contributed by atoms with van der Waals surface area (Å²) in [7, 11) is -1.28. The number of fused-ring (bicyclic) bond motifs is 1. The van der Waals surface area contributed by atoms with Gasteiger partial charge in [0.25, 0.3) is 0 Å². The number of carbonyl (C=O) groups excluding carboxylic acids is 2. The minimum absolute atomic E-state index is 0.0880. The van der Waals surface area contributed by atoms with E-state index in [0.29, 0.717) is 5.02 Å². The van der Waals surface area contributed by atoms with Gasteiger partial charge in [0.2, 0.25) is 5.69 Å². The third kappa shape index (κ3) is 4.56. The van der Waals surface area contributed by atoms with Crippen molar-refractivity contribution in [2.75, 3.05) is 20.5 Å². The average molecular weight is 512 g/mol. The second-order valence-corrected chi connectivity index (χ2v) is 10.7. The summed E-state index contributed by atoms with van der Waals surface area (Å²) in [6.45, 7) is 4.87. The van der Waals surface area contributed by atoms with Crippen LogP contribution in [0.15, 0.2) is 41.4 Å². The molecule has 0 N–H and O–H groups in total. The highest BCUT2D eigenvalue weighted by Gasteiger charge is 2.59. The minimum Gasteiger partial charge on any atom is -0.491 e. The predicted molar refractivity (Wildman–Crippen MR) is 124 cm³/mol. The van der Waals surface area contributed by atoms with Gasteiger partial charge < -0.3 is 14.2 Å². The van der Waals surface area contributed by atoms with Gasteiger partial charge in [0.1, 0.15) is 5.60 Å². The Balaban J connectivity index is 2.45. The zero-order valence-electron chi connectivity index (χ0n) is 19.4. The van der Waals surface area contributed by atoms with E-state index >= 15 is 0 Å². The zero-order valence-corrected chi connectivity index (χ0v) is 21.0. The first-order valence-electron chi connectivity index (χ1n) is 9.86. The molecule has 0 aliphatic heterocycles. The average Bonchev–Trinajstić information content (AvgIpc) is 3.15. The predicted octanol–water partition coefficient (Wildman–Crippen LogP) is 4.14. The maximum absolute atomic E-state index is 13.7. The Kier molecular flexibility index (Phi) is 6.62. The Labute approximate surface area is 201 Å². The molecule has 34 heavy (non-hydrogen) atoms. The molecule has 0 aliphatic rings. The lowest BCUT2D eigenvalue weighted by atomic mass is 10.2. The molecule has 1 atom stereocenters. The molecule has 2 aromatic heterocycles. The third-order valence-corrected chi connectivity index (χ3v) is 5.97. The molecule has 0 spiro atoms. The van der Waals surface area contributed by atoms with Crippen molar-refractivity contribution in [3.63, 3.8) is 0 Å². The number of pyridine rings is 1. The molecule has 11 nitrogen and oxygen atoms in total. The van der Waals surface area contributed by atoms with Crippen LogP contribution in [-0.2, 0) is 19.3 Å². The van der Waals surface area contributed by atoms with Gasteiger partial charge in [-0.05, 0) is 43.5 Å². The number of imide groups is 1. The Morgan fingerprint density at radius 3 is 2.32 bits per heavy atom. The number of amides is 2. The lowest BCUT2D eigenvalue weighted by Crippen LogP contribution is -2.57. The van der Waals surface area contributed by atoms with Crippen LogP contribution in [0.3, 0.4) is 0 Å². The van der Waals surface area contributed by atoms with Gasteiger partial charge in [-0.1, -0.05) is 16.7 Å². The maximum atomic E-state index is 13.7. The van der Waals surface area contributed by atoms with Gasteiger partial charge in [-0.2, -0.15) is 14.6 Å². The summed E-state index contributed by atoms with van der Waals surface area (Å²) in [6, 6.07) is 6.80. The number of hydrogen-bond acceptors (Lipinski definition) is 9. The van der Waals surface area contributed by atoms with Gasteiger partial charge in [-0.25, -0.2) is 12.9 Å². The standard InChI is InChI=1S/C21H24ClN4O7S/c1-21(2,3)33-20(28)26(19(27)32-5,18-23-17-10-7-13(22)12-25(17)24-18)15-9-8-14(34(6,29)30)11-16(15)31-4/h7-12H,1-6H3/q+1. The number of aromatic nitrogens is 3. The summed E-state index contributed by atoms with van der Waals surface area (Å²) < 4.78 is 40.1. The normalized spacial score (nSPS) is 13.9. The molecule has 0 bridgehead atoms. The van der Waals surface area contributed by atoms with Crippen LogP contribution >= 0.6 is 11.6 Å². The van der Waals surface area contributed by atoms with Crippen molar-refractivity contribution in [3.05, 3.63) is 41.6 Å². The summed E-state index contributed by atoms with van der Waals surface area (Å²) in [4.78, 5) is 31.4. The van der Waals surface area contributed by atoms with E-state index in [1.807, 2.05) is 0 Å². The Hall–Kier alpha value is -3.22. The second-order valence-electron chi connectivity index (χ2n) is 8.29. The molecule has 0 saturated heterocycles. The number of halogens is 1. The second kappa shape index (κ2) is 8.85.